The van der Waals surface area contributed by atoms with E-state index in [0.29, 0.717) is 26.3 Å². The highest BCUT2D eigenvalue weighted by atomic mass is 32.1. The number of nitrogens with one attached hydrogen (secondary N) is 1. The van der Waals surface area contributed by atoms with Crippen LogP contribution in [0.4, 0.5) is 0 Å². The van der Waals surface area contributed by atoms with Crippen LogP contribution in [0.1, 0.15) is 15.2 Å². The number of nitrogens with zero attached hydrogens (tertiary/aromatic N) is 1. The van der Waals surface area contributed by atoms with Crippen LogP contribution in [0, 0.1) is 0 Å². The van der Waals surface area contributed by atoms with Crippen molar-refractivity contribution in [2.45, 2.75) is 6.54 Å². The first-order valence-electron chi connectivity index (χ1n) is 5.40. The van der Waals surface area contributed by atoms with Crippen LogP contribution in [-0.2, 0) is 11.3 Å². The molecular weight excluding hydrogens is 224 g/mol. The zero-order valence-corrected chi connectivity index (χ0v) is 10.2. The van der Waals surface area contributed by atoms with Crippen molar-refractivity contribution in [2.75, 3.05) is 33.4 Å². The molecule has 16 heavy (non-hydrogen) atoms. The molecule has 0 unspecified atom stereocenters. The molecular formula is C11H16N2O2S. The van der Waals surface area contributed by atoms with Crippen molar-refractivity contribution in [3.63, 3.8) is 0 Å². The zero-order valence-electron chi connectivity index (χ0n) is 9.36. The molecule has 2 heterocycles. The summed E-state index contributed by atoms with van der Waals surface area (Å²) in [6, 6.07) is 1.97. The maximum atomic E-state index is 12.1. The molecule has 1 aromatic heterocycles. The summed E-state index contributed by atoms with van der Waals surface area (Å²) in [4.78, 5) is 14.8. The molecule has 0 radical (unpaired) electrons. The van der Waals surface area contributed by atoms with E-state index in [0.717, 1.165) is 11.4 Å². The predicted octanol–water partition coefficient (Wildman–Crippen LogP) is 0.940. The highest BCUT2D eigenvalue weighted by Crippen LogP contribution is 2.17. The third kappa shape index (κ3) is 2.61. The molecule has 1 saturated heterocycles. The van der Waals surface area contributed by atoms with Crippen LogP contribution >= 0.6 is 11.3 Å². The van der Waals surface area contributed by atoms with Crippen molar-refractivity contribution < 1.29 is 9.53 Å². The van der Waals surface area contributed by atoms with Gasteiger partial charge in [0.2, 0.25) is 0 Å². The fourth-order valence-electron chi connectivity index (χ4n) is 1.71. The summed E-state index contributed by atoms with van der Waals surface area (Å²) < 4.78 is 5.23. The van der Waals surface area contributed by atoms with Crippen molar-refractivity contribution >= 4 is 17.2 Å². The Morgan fingerprint density at radius 1 is 1.56 bits per heavy atom. The molecule has 88 valence electrons. The minimum absolute atomic E-state index is 0.135. The standard InChI is InChI=1S/C11H16N2O2S/c1-12-7-9-6-10(16-8-9)11(14)13-2-4-15-5-3-13/h6,8,12H,2-5,7H2,1H3. The van der Waals surface area contributed by atoms with E-state index in [2.05, 4.69) is 5.32 Å². The molecule has 1 aliphatic rings. The first-order chi connectivity index (χ1) is 7.81. The summed E-state index contributed by atoms with van der Waals surface area (Å²) in [5.41, 5.74) is 1.17. The van der Waals surface area contributed by atoms with Gasteiger partial charge in [-0.2, -0.15) is 0 Å². The highest BCUT2D eigenvalue weighted by Gasteiger charge is 2.19. The summed E-state index contributed by atoms with van der Waals surface area (Å²) in [7, 11) is 1.90. The van der Waals surface area contributed by atoms with E-state index in [4.69, 9.17) is 4.74 Å². The van der Waals surface area contributed by atoms with Gasteiger partial charge in [0.15, 0.2) is 0 Å². The molecule has 0 bridgehead atoms. The summed E-state index contributed by atoms with van der Waals surface area (Å²) >= 11 is 1.52. The van der Waals surface area contributed by atoms with E-state index in [9.17, 15) is 4.79 Å². The topological polar surface area (TPSA) is 41.6 Å². The van der Waals surface area contributed by atoms with Crippen molar-refractivity contribution in [1.29, 1.82) is 0 Å². The van der Waals surface area contributed by atoms with E-state index in [1.807, 2.05) is 23.4 Å². The number of carbonyl (C=O) groups excluding carboxylic acids is 1. The van der Waals surface area contributed by atoms with Crippen LogP contribution in [0.5, 0.6) is 0 Å². The number of thiophene rings is 1. The van der Waals surface area contributed by atoms with Crippen molar-refractivity contribution in [3.8, 4) is 0 Å². The average molecular weight is 240 g/mol. The maximum absolute atomic E-state index is 12.1. The SMILES string of the molecule is CNCc1csc(C(=O)N2CCOCC2)c1. The number of morpholine rings is 1. The Bertz CT molecular complexity index is 359. The van der Waals surface area contributed by atoms with E-state index in [1.54, 1.807) is 0 Å². The number of ether oxygens (including phenoxy) is 1. The third-order valence-corrected chi connectivity index (χ3v) is 3.51. The van der Waals surface area contributed by atoms with Gasteiger partial charge in [0, 0.05) is 19.6 Å². The molecule has 2 rings (SSSR count). The molecule has 4 nitrogen and oxygen atoms in total. The minimum atomic E-state index is 0.135. The smallest absolute Gasteiger partial charge is 0.264 e. The normalized spacial score (nSPS) is 16.4. The van der Waals surface area contributed by atoms with Gasteiger partial charge in [-0.15, -0.1) is 11.3 Å². The fraction of sp³-hybridized carbons (Fsp3) is 0.545. The monoisotopic (exact) mass is 240 g/mol. The lowest BCUT2D eigenvalue weighted by molar-refractivity contribution is 0.0306. The molecule has 1 amide bonds. The van der Waals surface area contributed by atoms with E-state index >= 15 is 0 Å². The minimum Gasteiger partial charge on any atom is -0.378 e. The van der Waals surface area contributed by atoms with Gasteiger partial charge in [0.1, 0.15) is 0 Å². The van der Waals surface area contributed by atoms with Gasteiger partial charge >= 0.3 is 0 Å². The van der Waals surface area contributed by atoms with Gasteiger partial charge in [0.05, 0.1) is 18.1 Å². The second kappa shape index (κ2) is 5.43. The molecule has 1 fully saturated rings. The van der Waals surface area contributed by atoms with Crippen LogP contribution in [0.15, 0.2) is 11.4 Å². The molecule has 0 aliphatic carbocycles. The fourth-order valence-corrected chi connectivity index (χ4v) is 2.59. The molecule has 0 aromatic carbocycles. The predicted molar refractivity (Wildman–Crippen MR) is 63.8 cm³/mol. The summed E-state index contributed by atoms with van der Waals surface area (Å²) in [5, 5.41) is 5.11. The van der Waals surface area contributed by atoms with Crippen molar-refractivity contribution in [2.24, 2.45) is 0 Å². The summed E-state index contributed by atoms with van der Waals surface area (Å²) in [5.74, 6) is 0.135. The first kappa shape index (κ1) is 11.6. The molecule has 1 N–H and O–H groups in total. The van der Waals surface area contributed by atoms with E-state index in [1.165, 1.54) is 16.9 Å². The van der Waals surface area contributed by atoms with Crippen LogP contribution < -0.4 is 5.32 Å². The Labute approximate surface area is 99.2 Å². The summed E-state index contributed by atoms with van der Waals surface area (Å²) in [6.07, 6.45) is 0. The van der Waals surface area contributed by atoms with E-state index < -0.39 is 0 Å². The first-order valence-corrected chi connectivity index (χ1v) is 6.28. The van der Waals surface area contributed by atoms with Gasteiger partial charge in [-0.1, -0.05) is 0 Å². The van der Waals surface area contributed by atoms with Crippen LogP contribution in [0.2, 0.25) is 0 Å². The van der Waals surface area contributed by atoms with E-state index in [-0.39, 0.29) is 5.91 Å². The second-order valence-electron chi connectivity index (χ2n) is 3.75. The summed E-state index contributed by atoms with van der Waals surface area (Å²) in [6.45, 7) is 3.53. The Morgan fingerprint density at radius 3 is 3.00 bits per heavy atom. The quantitative estimate of drug-likeness (QED) is 0.855. The maximum Gasteiger partial charge on any atom is 0.264 e. The number of hydrogen-bond acceptors (Lipinski definition) is 4. The van der Waals surface area contributed by atoms with Gasteiger partial charge in [-0.3, -0.25) is 4.79 Å². The van der Waals surface area contributed by atoms with Gasteiger partial charge in [-0.25, -0.2) is 0 Å². The number of rotatable bonds is 3. The van der Waals surface area contributed by atoms with Crippen molar-refractivity contribution in [1.82, 2.24) is 10.2 Å². The molecule has 0 saturated carbocycles. The number of carbonyl (C=O) groups is 1. The number of hydrogen-bond donors (Lipinski definition) is 1. The van der Waals surface area contributed by atoms with Crippen LogP contribution in [0.25, 0.3) is 0 Å². The lowest BCUT2D eigenvalue weighted by Crippen LogP contribution is -2.40. The number of amides is 1. The highest BCUT2D eigenvalue weighted by molar-refractivity contribution is 7.12. The Balaban J connectivity index is 2.01. The van der Waals surface area contributed by atoms with Gasteiger partial charge in [0.25, 0.3) is 5.91 Å². The Kier molecular flexibility index (Phi) is 3.93. The zero-order chi connectivity index (χ0) is 11.4. The molecule has 0 spiro atoms. The third-order valence-electron chi connectivity index (χ3n) is 2.54. The lowest BCUT2D eigenvalue weighted by atomic mass is 10.3. The van der Waals surface area contributed by atoms with Gasteiger partial charge in [-0.05, 0) is 24.1 Å². The second-order valence-corrected chi connectivity index (χ2v) is 4.67. The lowest BCUT2D eigenvalue weighted by Gasteiger charge is -2.26. The van der Waals surface area contributed by atoms with Gasteiger partial charge < -0.3 is 15.0 Å². The van der Waals surface area contributed by atoms with Crippen LogP contribution in [-0.4, -0.2) is 44.2 Å². The Hall–Kier alpha value is -0.910. The molecule has 1 aliphatic heterocycles. The average Bonchev–Trinajstić information content (AvgIpc) is 2.78. The molecule has 0 atom stereocenters. The largest absolute Gasteiger partial charge is 0.378 e. The molecule has 5 heteroatoms. The van der Waals surface area contributed by atoms with Crippen LogP contribution in [0.3, 0.4) is 0 Å². The molecule has 1 aromatic rings. The van der Waals surface area contributed by atoms with Crippen molar-refractivity contribution in [3.05, 3.63) is 21.9 Å². The Morgan fingerprint density at radius 2 is 2.31 bits per heavy atom.